The molecule has 0 N–H and O–H groups in total. The zero-order valence-corrected chi connectivity index (χ0v) is 10.0. The van der Waals surface area contributed by atoms with E-state index in [9.17, 15) is 9.59 Å². The Hall–Kier alpha value is -2.24. The molecule has 6 heteroatoms. The van der Waals surface area contributed by atoms with E-state index in [1.54, 1.807) is 19.1 Å². The average molecular weight is 252 g/mol. The summed E-state index contributed by atoms with van der Waals surface area (Å²) in [5.41, 5.74) is 0.0333. The van der Waals surface area contributed by atoms with E-state index in [-0.39, 0.29) is 30.5 Å². The number of carbonyl (C=O) groups excluding carboxylic acids is 2. The summed E-state index contributed by atoms with van der Waals surface area (Å²) in [6.45, 7) is 1.75. The highest BCUT2D eigenvalue weighted by atomic mass is 16.7. The highest BCUT2D eigenvalue weighted by Gasteiger charge is 2.31. The second-order valence-electron chi connectivity index (χ2n) is 3.43. The van der Waals surface area contributed by atoms with Crippen molar-refractivity contribution in [3.8, 4) is 17.2 Å². The van der Waals surface area contributed by atoms with Crippen LogP contribution < -0.4 is 14.2 Å². The second kappa shape index (κ2) is 4.95. The first-order chi connectivity index (χ1) is 8.69. The number of rotatable bonds is 4. The molecule has 0 aliphatic carbocycles. The Labute approximate surface area is 103 Å². The van der Waals surface area contributed by atoms with Gasteiger partial charge in [0.15, 0.2) is 11.5 Å². The quantitative estimate of drug-likeness (QED) is 0.455. The molecular weight excluding hydrogens is 240 g/mol. The van der Waals surface area contributed by atoms with Crippen molar-refractivity contribution >= 4 is 11.8 Å². The van der Waals surface area contributed by atoms with Gasteiger partial charge in [0.25, 0.3) is 5.78 Å². The van der Waals surface area contributed by atoms with Crippen molar-refractivity contribution in [2.45, 2.75) is 6.92 Å². The predicted molar refractivity (Wildman–Crippen MR) is 60.1 cm³/mol. The summed E-state index contributed by atoms with van der Waals surface area (Å²) in [6.07, 6.45) is 0. The molecule has 96 valence electrons. The lowest BCUT2D eigenvalue weighted by molar-refractivity contribution is -0.137. The van der Waals surface area contributed by atoms with Crippen LogP contribution >= 0.6 is 0 Å². The fourth-order valence-electron chi connectivity index (χ4n) is 1.64. The van der Waals surface area contributed by atoms with Crippen LogP contribution in [0, 0.1) is 0 Å². The third-order valence-corrected chi connectivity index (χ3v) is 2.41. The van der Waals surface area contributed by atoms with Crippen molar-refractivity contribution in [2.24, 2.45) is 0 Å². The molecule has 0 radical (unpaired) electrons. The first-order valence-electron chi connectivity index (χ1n) is 5.37. The van der Waals surface area contributed by atoms with E-state index in [0.29, 0.717) is 5.75 Å². The fourth-order valence-corrected chi connectivity index (χ4v) is 1.64. The van der Waals surface area contributed by atoms with Gasteiger partial charge in [-0.25, -0.2) is 4.79 Å². The van der Waals surface area contributed by atoms with Crippen molar-refractivity contribution in [3.05, 3.63) is 17.7 Å². The van der Waals surface area contributed by atoms with Gasteiger partial charge in [0.05, 0.1) is 13.7 Å². The number of benzene rings is 1. The normalized spacial score (nSPS) is 12.1. The van der Waals surface area contributed by atoms with E-state index in [0.717, 1.165) is 0 Å². The highest BCUT2D eigenvalue weighted by molar-refractivity contribution is 6.42. The smallest absolute Gasteiger partial charge is 0.379 e. The van der Waals surface area contributed by atoms with Gasteiger partial charge in [-0.3, -0.25) is 4.79 Å². The molecule has 0 bridgehead atoms. The Morgan fingerprint density at radius 3 is 2.78 bits per heavy atom. The number of hydrogen-bond acceptors (Lipinski definition) is 6. The lowest BCUT2D eigenvalue weighted by atomic mass is 10.1. The van der Waals surface area contributed by atoms with Crippen molar-refractivity contribution in [2.75, 3.05) is 20.5 Å². The molecule has 1 aromatic carbocycles. The molecule has 1 aromatic rings. The minimum absolute atomic E-state index is 0.00556. The zero-order chi connectivity index (χ0) is 13.1. The van der Waals surface area contributed by atoms with Gasteiger partial charge in [-0.15, -0.1) is 0 Å². The number of esters is 1. The van der Waals surface area contributed by atoms with Gasteiger partial charge in [-0.05, 0) is 19.1 Å². The maximum atomic E-state index is 12.0. The van der Waals surface area contributed by atoms with Crippen LogP contribution in [-0.2, 0) is 9.53 Å². The predicted octanol–water partition coefficient (Wildman–Crippen LogP) is 1.17. The van der Waals surface area contributed by atoms with Crippen LogP contribution in [0.15, 0.2) is 12.1 Å². The molecular formula is C12H12O6. The summed E-state index contributed by atoms with van der Waals surface area (Å²) in [5, 5.41) is 0. The molecule has 2 rings (SSSR count). The first kappa shape index (κ1) is 12.2. The minimum Gasteiger partial charge on any atom is -0.496 e. The molecule has 0 unspecified atom stereocenters. The molecule has 0 spiro atoms. The number of hydrogen-bond donors (Lipinski definition) is 0. The number of ether oxygens (including phenoxy) is 4. The van der Waals surface area contributed by atoms with Gasteiger partial charge < -0.3 is 18.9 Å². The summed E-state index contributed by atoms with van der Waals surface area (Å²) in [5.74, 6) is -0.885. The molecule has 18 heavy (non-hydrogen) atoms. The topological polar surface area (TPSA) is 71.1 Å². The third kappa shape index (κ3) is 1.97. The fraction of sp³-hybridized carbons (Fsp3) is 0.333. The van der Waals surface area contributed by atoms with E-state index >= 15 is 0 Å². The second-order valence-corrected chi connectivity index (χ2v) is 3.43. The van der Waals surface area contributed by atoms with E-state index in [1.807, 2.05) is 0 Å². The Kier molecular flexibility index (Phi) is 3.36. The summed E-state index contributed by atoms with van der Waals surface area (Å²) in [4.78, 5) is 23.5. The van der Waals surface area contributed by atoms with Crippen molar-refractivity contribution in [3.63, 3.8) is 0 Å². The Morgan fingerprint density at radius 2 is 2.11 bits per heavy atom. The number of methoxy groups -OCH3 is 1. The molecule has 1 aliphatic rings. The van der Waals surface area contributed by atoms with Crippen LogP contribution in [0.25, 0.3) is 0 Å². The Morgan fingerprint density at radius 1 is 1.33 bits per heavy atom. The van der Waals surface area contributed by atoms with E-state index in [1.165, 1.54) is 7.11 Å². The molecule has 6 nitrogen and oxygen atoms in total. The lowest BCUT2D eigenvalue weighted by Crippen LogP contribution is -2.18. The van der Waals surface area contributed by atoms with Crippen molar-refractivity contribution in [1.82, 2.24) is 0 Å². The van der Waals surface area contributed by atoms with Crippen LogP contribution in [0.3, 0.4) is 0 Å². The SMILES string of the molecule is CCOC(=O)C(=O)c1c(OC)ccc2c1OCO2. The van der Waals surface area contributed by atoms with Crippen LogP contribution in [0.1, 0.15) is 17.3 Å². The number of carbonyl (C=O) groups is 2. The lowest BCUT2D eigenvalue weighted by Gasteiger charge is -2.09. The van der Waals surface area contributed by atoms with Crippen molar-refractivity contribution in [1.29, 1.82) is 0 Å². The molecule has 1 heterocycles. The molecule has 0 aromatic heterocycles. The van der Waals surface area contributed by atoms with Gasteiger partial charge in [0, 0.05) is 0 Å². The van der Waals surface area contributed by atoms with Crippen LogP contribution in [0.5, 0.6) is 17.2 Å². The van der Waals surface area contributed by atoms with Gasteiger partial charge in [0.2, 0.25) is 6.79 Å². The molecule has 0 fully saturated rings. The van der Waals surface area contributed by atoms with Gasteiger partial charge in [-0.2, -0.15) is 0 Å². The standard InChI is InChI=1S/C12H12O6/c1-3-16-12(14)10(13)9-7(15-2)4-5-8-11(9)18-6-17-8/h4-5H,3,6H2,1-2H3. The first-order valence-corrected chi connectivity index (χ1v) is 5.37. The molecule has 0 amide bonds. The van der Waals surface area contributed by atoms with Crippen molar-refractivity contribution < 1.29 is 28.5 Å². The van der Waals surface area contributed by atoms with E-state index in [2.05, 4.69) is 4.74 Å². The van der Waals surface area contributed by atoms with Gasteiger partial charge in [0.1, 0.15) is 11.3 Å². The zero-order valence-electron chi connectivity index (χ0n) is 10.0. The minimum atomic E-state index is -0.945. The molecule has 0 atom stereocenters. The van der Waals surface area contributed by atoms with Crippen LogP contribution in [-0.4, -0.2) is 32.3 Å². The molecule has 0 saturated heterocycles. The van der Waals surface area contributed by atoms with Crippen LogP contribution in [0.4, 0.5) is 0 Å². The summed E-state index contributed by atoms with van der Waals surface area (Å²) < 4.78 is 20.1. The van der Waals surface area contributed by atoms with E-state index < -0.39 is 11.8 Å². The molecule has 0 saturated carbocycles. The number of Topliss-reactive ketones (excluding diaryl/α,β-unsaturated/α-hetero) is 1. The summed E-state index contributed by atoms with van der Waals surface area (Å²) in [7, 11) is 1.40. The largest absolute Gasteiger partial charge is 0.496 e. The number of fused-ring (bicyclic) bond motifs is 1. The van der Waals surface area contributed by atoms with E-state index in [4.69, 9.17) is 14.2 Å². The van der Waals surface area contributed by atoms with Gasteiger partial charge in [-0.1, -0.05) is 0 Å². The maximum Gasteiger partial charge on any atom is 0.379 e. The third-order valence-electron chi connectivity index (χ3n) is 2.41. The summed E-state index contributed by atoms with van der Waals surface area (Å²) in [6, 6.07) is 3.16. The van der Waals surface area contributed by atoms with Crippen LogP contribution in [0.2, 0.25) is 0 Å². The van der Waals surface area contributed by atoms with Gasteiger partial charge >= 0.3 is 5.97 Å². The Balaban J connectivity index is 2.45. The number of ketones is 1. The monoisotopic (exact) mass is 252 g/mol. The average Bonchev–Trinajstić information content (AvgIpc) is 2.85. The molecule has 1 aliphatic heterocycles. The summed E-state index contributed by atoms with van der Waals surface area (Å²) >= 11 is 0. The highest BCUT2D eigenvalue weighted by Crippen LogP contribution is 2.40. The maximum absolute atomic E-state index is 12.0. The Bertz CT molecular complexity index is 494.